The Labute approximate surface area is 121 Å². The summed E-state index contributed by atoms with van der Waals surface area (Å²) in [6, 6.07) is 19.6. The van der Waals surface area contributed by atoms with Crippen LogP contribution in [0.25, 0.3) is 0 Å². The molecule has 0 N–H and O–H groups in total. The van der Waals surface area contributed by atoms with Gasteiger partial charge in [0, 0.05) is 12.5 Å². The van der Waals surface area contributed by atoms with E-state index < -0.39 is 9.73 Å². The lowest BCUT2D eigenvalue weighted by molar-refractivity contribution is 0.681. The van der Waals surface area contributed by atoms with Gasteiger partial charge >= 0.3 is 0 Å². The Morgan fingerprint density at radius 1 is 1.05 bits per heavy atom. The number of hydrogen-bond acceptors (Lipinski definition) is 2. The Bertz CT molecular complexity index is 696. The molecule has 2 aromatic carbocycles. The summed E-state index contributed by atoms with van der Waals surface area (Å²) < 4.78 is 17.0. The third-order valence-corrected chi connectivity index (χ3v) is 5.25. The summed E-state index contributed by atoms with van der Waals surface area (Å²) in [5.74, 6) is 0. The quantitative estimate of drug-likeness (QED) is 0.824. The molecule has 0 unspecified atom stereocenters. The maximum absolute atomic E-state index is 12.9. The molecule has 0 radical (unpaired) electrons. The van der Waals surface area contributed by atoms with Gasteiger partial charge in [0.05, 0.1) is 14.6 Å². The fraction of sp³-hybridized carbons (Fsp3) is 0.176. The van der Waals surface area contributed by atoms with E-state index in [0.29, 0.717) is 0 Å². The van der Waals surface area contributed by atoms with Crippen molar-refractivity contribution in [3.05, 3.63) is 77.2 Å². The van der Waals surface area contributed by atoms with E-state index in [4.69, 9.17) is 0 Å². The summed E-state index contributed by atoms with van der Waals surface area (Å²) >= 11 is 0. The van der Waals surface area contributed by atoms with Crippen molar-refractivity contribution in [2.24, 2.45) is 4.36 Å². The van der Waals surface area contributed by atoms with Gasteiger partial charge in [-0.25, -0.2) is 8.57 Å². The molecular weight excluding hydrogens is 266 g/mol. The number of nitrogens with zero attached hydrogens (tertiary/aromatic N) is 1. The Hall–Kier alpha value is -1.87. The van der Waals surface area contributed by atoms with E-state index in [1.54, 1.807) is 12.5 Å². The third-order valence-electron chi connectivity index (χ3n) is 3.04. The lowest BCUT2D eigenvalue weighted by Crippen LogP contribution is -1.98. The second kappa shape index (κ2) is 6.53. The van der Waals surface area contributed by atoms with Gasteiger partial charge in [-0.1, -0.05) is 54.1 Å². The molecule has 0 aliphatic carbocycles. The van der Waals surface area contributed by atoms with Crippen molar-refractivity contribution in [2.75, 3.05) is 7.05 Å². The molecule has 3 heteroatoms. The van der Waals surface area contributed by atoms with Crippen LogP contribution in [0.1, 0.15) is 12.5 Å². The standard InChI is InChI=1S/C17H19NOS/c1-15(13-16-9-5-3-6-10-16)14-20(19,18-2)17-11-7-4-8-12-17/h3-12,14H,13H2,1-2H3/b15-14+/t20-/m0/s1. The molecule has 104 valence electrons. The summed E-state index contributed by atoms with van der Waals surface area (Å²) in [6.07, 6.45) is 0.792. The Balaban J connectivity index is 2.30. The van der Waals surface area contributed by atoms with E-state index in [1.165, 1.54) is 5.56 Å². The molecule has 0 aliphatic rings. The van der Waals surface area contributed by atoms with E-state index in [0.717, 1.165) is 16.9 Å². The zero-order valence-electron chi connectivity index (χ0n) is 11.8. The summed E-state index contributed by atoms with van der Waals surface area (Å²) in [6.45, 7) is 2.00. The molecule has 2 rings (SSSR count). The minimum atomic E-state index is -2.46. The molecule has 0 saturated heterocycles. The van der Waals surface area contributed by atoms with Crippen LogP contribution in [0.15, 0.2) is 80.9 Å². The molecule has 2 aromatic rings. The third kappa shape index (κ3) is 3.58. The zero-order chi connectivity index (χ0) is 14.4. The molecule has 2 nitrogen and oxygen atoms in total. The van der Waals surface area contributed by atoms with E-state index in [9.17, 15) is 4.21 Å². The summed E-state index contributed by atoms with van der Waals surface area (Å²) in [4.78, 5) is 0.759. The maximum Gasteiger partial charge on any atom is 0.0966 e. The maximum atomic E-state index is 12.9. The summed E-state index contributed by atoms with van der Waals surface area (Å²) in [5.41, 5.74) is 2.28. The van der Waals surface area contributed by atoms with Crippen LogP contribution in [0.4, 0.5) is 0 Å². The molecule has 1 atom stereocenters. The summed E-state index contributed by atoms with van der Waals surface area (Å²) in [7, 11) is -0.849. The minimum Gasteiger partial charge on any atom is -0.240 e. The van der Waals surface area contributed by atoms with Crippen molar-refractivity contribution in [1.82, 2.24) is 0 Å². The molecule has 0 spiro atoms. The van der Waals surface area contributed by atoms with Crippen LogP contribution in [-0.2, 0) is 16.1 Å². The number of hydrogen-bond donors (Lipinski definition) is 0. The van der Waals surface area contributed by atoms with Gasteiger partial charge in [-0.15, -0.1) is 0 Å². The number of benzene rings is 2. The van der Waals surface area contributed by atoms with Crippen LogP contribution in [-0.4, -0.2) is 11.3 Å². The fourth-order valence-corrected chi connectivity index (χ4v) is 3.70. The number of allylic oxidation sites excluding steroid dienone is 1. The predicted octanol–water partition coefficient (Wildman–Crippen LogP) is 4.29. The van der Waals surface area contributed by atoms with Crippen LogP contribution in [0.5, 0.6) is 0 Å². The average molecular weight is 285 g/mol. The molecule has 0 aliphatic heterocycles. The van der Waals surface area contributed by atoms with Crippen LogP contribution in [0, 0.1) is 0 Å². The van der Waals surface area contributed by atoms with Gasteiger partial charge in [0.25, 0.3) is 0 Å². The van der Waals surface area contributed by atoms with Crippen molar-refractivity contribution < 1.29 is 4.21 Å². The highest BCUT2D eigenvalue weighted by molar-refractivity contribution is 7.96. The van der Waals surface area contributed by atoms with Crippen LogP contribution in [0.2, 0.25) is 0 Å². The van der Waals surface area contributed by atoms with Crippen molar-refractivity contribution >= 4 is 9.73 Å². The summed E-state index contributed by atoms with van der Waals surface area (Å²) in [5, 5.41) is 1.80. The van der Waals surface area contributed by atoms with Crippen molar-refractivity contribution in [3.8, 4) is 0 Å². The van der Waals surface area contributed by atoms with E-state index >= 15 is 0 Å². The Morgan fingerprint density at radius 3 is 2.15 bits per heavy atom. The van der Waals surface area contributed by atoms with Crippen molar-refractivity contribution in [1.29, 1.82) is 0 Å². The van der Waals surface area contributed by atoms with Gasteiger partial charge in [-0.05, 0) is 31.0 Å². The molecule has 0 heterocycles. The number of rotatable bonds is 4. The largest absolute Gasteiger partial charge is 0.240 e. The first-order chi connectivity index (χ1) is 9.64. The van der Waals surface area contributed by atoms with Gasteiger partial charge in [-0.2, -0.15) is 0 Å². The van der Waals surface area contributed by atoms with Crippen LogP contribution in [0.3, 0.4) is 0 Å². The van der Waals surface area contributed by atoms with Gasteiger partial charge in [0.15, 0.2) is 0 Å². The smallest absolute Gasteiger partial charge is 0.0966 e. The van der Waals surface area contributed by atoms with Crippen molar-refractivity contribution in [2.45, 2.75) is 18.2 Å². The first-order valence-corrected chi connectivity index (χ1v) is 8.13. The van der Waals surface area contributed by atoms with E-state index in [1.807, 2.05) is 55.5 Å². The minimum absolute atomic E-state index is 0.759. The highest BCUT2D eigenvalue weighted by Gasteiger charge is 2.08. The predicted molar refractivity (Wildman–Crippen MR) is 85.1 cm³/mol. The van der Waals surface area contributed by atoms with Gasteiger partial charge in [0.2, 0.25) is 0 Å². The first-order valence-electron chi connectivity index (χ1n) is 6.55. The van der Waals surface area contributed by atoms with Gasteiger partial charge in [0.1, 0.15) is 0 Å². The second-order valence-electron chi connectivity index (χ2n) is 4.69. The monoisotopic (exact) mass is 285 g/mol. The van der Waals surface area contributed by atoms with Crippen LogP contribution < -0.4 is 0 Å². The highest BCUT2D eigenvalue weighted by atomic mass is 32.2. The molecule has 0 amide bonds. The Morgan fingerprint density at radius 2 is 1.60 bits per heavy atom. The SMILES string of the molecule is CN=[S@](=O)(/C=C(\C)Cc1ccccc1)c1ccccc1. The molecule has 0 bridgehead atoms. The van der Waals surface area contributed by atoms with Crippen molar-refractivity contribution in [3.63, 3.8) is 0 Å². The normalized spacial score (nSPS) is 14.6. The average Bonchev–Trinajstić information content (AvgIpc) is 2.49. The molecule has 0 fully saturated rings. The highest BCUT2D eigenvalue weighted by Crippen LogP contribution is 2.18. The lowest BCUT2D eigenvalue weighted by Gasteiger charge is -2.07. The van der Waals surface area contributed by atoms with Crippen LogP contribution >= 0.6 is 0 Å². The molecule has 0 aromatic heterocycles. The zero-order valence-corrected chi connectivity index (χ0v) is 12.6. The fourth-order valence-electron chi connectivity index (χ4n) is 2.07. The van der Waals surface area contributed by atoms with Gasteiger partial charge < -0.3 is 0 Å². The first kappa shape index (κ1) is 14.5. The van der Waals surface area contributed by atoms with E-state index in [2.05, 4.69) is 16.5 Å². The lowest BCUT2D eigenvalue weighted by atomic mass is 10.1. The van der Waals surface area contributed by atoms with Gasteiger partial charge in [-0.3, -0.25) is 0 Å². The molecule has 20 heavy (non-hydrogen) atoms. The molecule has 0 saturated carbocycles. The van der Waals surface area contributed by atoms with E-state index in [-0.39, 0.29) is 0 Å². The topological polar surface area (TPSA) is 29.4 Å². The molecular formula is C17H19NOS. The Kier molecular flexibility index (Phi) is 4.74. The second-order valence-corrected chi connectivity index (χ2v) is 6.90.